The van der Waals surface area contributed by atoms with Gasteiger partial charge in [-0.15, -0.1) is 11.3 Å². The lowest BCUT2D eigenvalue weighted by molar-refractivity contribution is -0.179. The van der Waals surface area contributed by atoms with Gasteiger partial charge in [0.2, 0.25) is 16.4 Å². The highest BCUT2D eigenvalue weighted by atomic mass is 32.2. The first kappa shape index (κ1) is 33.1. The largest absolute Gasteiger partial charge is 0.541 e. The molecule has 2 radical (unpaired) electrons. The van der Waals surface area contributed by atoms with Crippen LogP contribution in [-0.2, 0) is 38.2 Å². The van der Waals surface area contributed by atoms with Crippen LogP contribution in [0, 0.1) is 12.8 Å². The SMILES string of the molecule is [B]OC(=O)[C@@]1(N2CCN(/N=C/C=O)C2=O)CN2C(=O)[C@@H](CC(=O)/C(=N\OC(C)(C)C(=O)OC(C)(C)C)c3csc(C)n3)[C@H]2S1. The highest BCUT2D eigenvalue weighted by Gasteiger charge is 2.66. The predicted molar refractivity (Wildman–Crippen MR) is 159 cm³/mol. The van der Waals surface area contributed by atoms with E-state index in [-0.39, 0.29) is 37.5 Å². The number of nitrogens with zero attached hydrogens (tertiary/aromatic N) is 6. The van der Waals surface area contributed by atoms with E-state index < -0.39 is 57.0 Å². The van der Waals surface area contributed by atoms with Gasteiger partial charge >= 0.3 is 26.0 Å². The van der Waals surface area contributed by atoms with Gasteiger partial charge in [0, 0.05) is 18.3 Å². The normalized spacial score (nSPS) is 24.0. The molecule has 3 aliphatic heterocycles. The molecule has 0 aromatic carbocycles. The van der Waals surface area contributed by atoms with Crippen LogP contribution in [0.3, 0.4) is 0 Å². The summed E-state index contributed by atoms with van der Waals surface area (Å²) in [4.78, 5) is 87.0. The molecule has 4 rings (SSSR count). The van der Waals surface area contributed by atoms with Gasteiger partial charge in [-0.05, 0) is 41.5 Å². The summed E-state index contributed by atoms with van der Waals surface area (Å²) in [6, 6.07) is -0.679. The van der Waals surface area contributed by atoms with Crippen LogP contribution in [0.1, 0.15) is 51.7 Å². The zero-order chi connectivity index (χ0) is 32.6. The van der Waals surface area contributed by atoms with E-state index in [9.17, 15) is 28.8 Å². The van der Waals surface area contributed by atoms with Crippen LogP contribution < -0.4 is 0 Å². The number of amides is 3. The minimum Gasteiger partial charge on any atom is -0.541 e. The number of aromatic nitrogens is 1. The molecule has 44 heavy (non-hydrogen) atoms. The Morgan fingerprint density at radius 3 is 2.50 bits per heavy atom. The summed E-state index contributed by atoms with van der Waals surface area (Å²) in [5.74, 6) is -3.54. The van der Waals surface area contributed by atoms with Gasteiger partial charge in [-0.3, -0.25) is 24.1 Å². The first-order valence-electron chi connectivity index (χ1n) is 13.5. The second kappa shape index (κ2) is 12.3. The lowest BCUT2D eigenvalue weighted by atomic mass is 9.90. The van der Waals surface area contributed by atoms with Crippen LogP contribution >= 0.6 is 23.1 Å². The molecule has 3 fully saturated rings. The number of hydrogen-bond donors (Lipinski definition) is 0. The number of carbonyl (C=O) groups is 6. The van der Waals surface area contributed by atoms with Crippen molar-refractivity contribution in [2.24, 2.45) is 16.2 Å². The van der Waals surface area contributed by atoms with Crippen molar-refractivity contribution in [3.63, 3.8) is 0 Å². The molecular formula is C26H31BN6O9S2. The maximum atomic E-state index is 13.6. The van der Waals surface area contributed by atoms with Gasteiger partial charge in [-0.25, -0.2) is 19.6 Å². The van der Waals surface area contributed by atoms with Gasteiger partial charge in [-0.2, -0.15) is 5.10 Å². The Kier molecular flexibility index (Phi) is 9.26. The smallest absolute Gasteiger partial charge is 0.378 e. The fourth-order valence-electron chi connectivity index (χ4n) is 4.71. The number of rotatable bonds is 11. The second-order valence-electron chi connectivity index (χ2n) is 11.7. The van der Waals surface area contributed by atoms with E-state index in [4.69, 9.17) is 17.6 Å². The van der Waals surface area contributed by atoms with Crippen molar-refractivity contribution in [1.29, 1.82) is 0 Å². The number of urea groups is 1. The van der Waals surface area contributed by atoms with E-state index in [1.165, 1.54) is 35.0 Å². The topological polar surface area (TPSA) is 177 Å². The highest BCUT2D eigenvalue weighted by Crippen LogP contribution is 2.53. The van der Waals surface area contributed by atoms with Gasteiger partial charge in [-0.1, -0.05) is 16.9 Å². The molecule has 18 heteroatoms. The number of aryl methyl sites for hydroxylation is 1. The molecule has 0 N–H and O–H groups in total. The van der Waals surface area contributed by atoms with Gasteiger partial charge in [0.15, 0.2) is 17.8 Å². The average molecular weight is 647 g/mol. The van der Waals surface area contributed by atoms with Crippen LogP contribution in [-0.4, -0.2) is 117 Å². The van der Waals surface area contributed by atoms with Crippen molar-refractivity contribution in [3.05, 3.63) is 16.1 Å². The standard InChI is InChI=1S/C26H31BN6O9S2/c1-14-29-16(12-43-14)18(30-42-25(5,6)21(37)40-24(2,3)4)17(35)11-15-19(36)31-13-26(22(38)41-27,44-20(15)31)32-8-9-33(23(32)39)28-7-10-34/h7,10,12,15,20H,8-9,11,13H2,1-6H3/b28-7+,30-18-/t15-,20-,26-/m1/s1. The van der Waals surface area contributed by atoms with E-state index in [0.717, 1.165) is 23.0 Å². The van der Waals surface area contributed by atoms with E-state index in [1.54, 1.807) is 33.1 Å². The Labute approximate surface area is 262 Å². The summed E-state index contributed by atoms with van der Waals surface area (Å²) in [6.45, 7) is 9.65. The van der Waals surface area contributed by atoms with Crippen molar-refractivity contribution in [2.75, 3.05) is 19.6 Å². The van der Waals surface area contributed by atoms with Crippen LogP contribution in [0.4, 0.5) is 4.79 Å². The third-order valence-corrected chi connectivity index (χ3v) is 9.36. The Morgan fingerprint density at radius 1 is 1.20 bits per heavy atom. The third kappa shape index (κ3) is 6.36. The number of thiazole rings is 1. The predicted octanol–water partition coefficient (Wildman–Crippen LogP) is 1.03. The molecule has 1 aromatic rings. The Morgan fingerprint density at radius 2 is 1.91 bits per heavy atom. The number of hydrogen-bond acceptors (Lipinski definition) is 14. The summed E-state index contributed by atoms with van der Waals surface area (Å²) >= 11 is 2.24. The van der Waals surface area contributed by atoms with Crippen LogP contribution in [0.15, 0.2) is 15.6 Å². The molecule has 0 aliphatic carbocycles. The van der Waals surface area contributed by atoms with E-state index in [1.807, 2.05) is 0 Å². The van der Waals surface area contributed by atoms with E-state index in [0.29, 0.717) is 11.3 Å². The molecule has 0 bridgehead atoms. The maximum Gasteiger partial charge on any atom is 0.378 e. The number of carbonyl (C=O) groups excluding carboxylic acids is 6. The lowest BCUT2D eigenvalue weighted by Crippen LogP contribution is -2.59. The van der Waals surface area contributed by atoms with Gasteiger partial charge < -0.3 is 19.1 Å². The third-order valence-electron chi connectivity index (χ3n) is 6.85. The Balaban J connectivity index is 1.55. The number of fused-ring (bicyclic) bond motifs is 1. The number of oxime groups is 1. The number of aldehydes is 1. The molecule has 1 aromatic heterocycles. The summed E-state index contributed by atoms with van der Waals surface area (Å²) < 4.78 is 9.95. The van der Waals surface area contributed by atoms with Gasteiger partial charge in [0.25, 0.3) is 0 Å². The number of thioether (sulfide) groups is 1. The lowest BCUT2D eigenvalue weighted by Gasteiger charge is -2.40. The molecule has 3 saturated heterocycles. The Hall–Kier alpha value is -3.80. The van der Waals surface area contributed by atoms with E-state index in [2.05, 4.69) is 19.9 Å². The van der Waals surface area contributed by atoms with Crippen molar-refractivity contribution in [3.8, 4) is 0 Å². The van der Waals surface area contributed by atoms with Gasteiger partial charge in [0.05, 0.1) is 35.6 Å². The summed E-state index contributed by atoms with van der Waals surface area (Å²) in [6.07, 6.45) is 0.983. The number of Topliss-reactive ketones (excluding diaryl/α,β-unsaturated/α-hetero) is 1. The highest BCUT2D eigenvalue weighted by molar-refractivity contribution is 8.02. The molecular weight excluding hydrogens is 615 g/mol. The first-order chi connectivity index (χ1) is 20.5. The number of ketones is 1. The van der Waals surface area contributed by atoms with Crippen LogP contribution in [0.5, 0.6) is 0 Å². The molecule has 0 unspecified atom stereocenters. The molecule has 15 nitrogen and oxygen atoms in total. The Bertz CT molecular complexity index is 1440. The van der Waals surface area contributed by atoms with Gasteiger partial charge in [0.1, 0.15) is 11.3 Å². The maximum absolute atomic E-state index is 13.6. The van der Waals surface area contributed by atoms with Crippen molar-refractivity contribution in [2.45, 2.75) is 69.4 Å². The fraction of sp³-hybridized carbons (Fsp3) is 0.577. The minimum atomic E-state index is -1.70. The average Bonchev–Trinajstić information content (AvgIpc) is 3.65. The summed E-state index contributed by atoms with van der Waals surface area (Å²) in [5.41, 5.74) is -2.32. The fourth-order valence-corrected chi connectivity index (χ4v) is 7.05. The first-order valence-corrected chi connectivity index (χ1v) is 15.2. The zero-order valence-electron chi connectivity index (χ0n) is 25.0. The monoisotopic (exact) mass is 646 g/mol. The second-order valence-corrected chi connectivity index (χ2v) is 14.1. The van der Waals surface area contributed by atoms with Crippen molar-refractivity contribution < 1.29 is 43.0 Å². The molecule has 3 aliphatic rings. The molecule has 3 amide bonds. The van der Waals surface area contributed by atoms with E-state index >= 15 is 0 Å². The number of esters is 1. The van der Waals surface area contributed by atoms with Crippen LogP contribution in [0.2, 0.25) is 0 Å². The molecule has 4 heterocycles. The summed E-state index contributed by atoms with van der Waals surface area (Å²) in [7, 11) is 5.24. The molecule has 0 spiro atoms. The number of β-lactam (4-membered cyclic amide) rings is 1. The quantitative estimate of drug-likeness (QED) is 0.0838. The van der Waals surface area contributed by atoms with Crippen molar-refractivity contribution in [1.82, 2.24) is 19.8 Å². The van der Waals surface area contributed by atoms with Crippen LogP contribution in [0.25, 0.3) is 0 Å². The summed E-state index contributed by atoms with van der Waals surface area (Å²) in [5, 5.41) is 10.4. The molecule has 0 saturated carbocycles. The zero-order valence-corrected chi connectivity index (χ0v) is 26.6. The number of hydrazone groups is 1. The molecule has 234 valence electrons. The molecule has 3 atom stereocenters. The minimum absolute atomic E-state index is 0.0419. The van der Waals surface area contributed by atoms with Crippen molar-refractivity contribution >= 4 is 79.0 Å². The number of ether oxygens (including phenoxy) is 1.